The molecule has 1 heterocycles. The molecule has 1 fully saturated rings. The van der Waals surface area contributed by atoms with E-state index in [9.17, 15) is 0 Å². The molecule has 18 heavy (non-hydrogen) atoms. The average molecular weight is 252 g/mol. The van der Waals surface area contributed by atoms with Gasteiger partial charge in [0, 0.05) is 25.1 Å². The highest BCUT2D eigenvalue weighted by atomic mass is 16.5. The Labute approximate surface area is 109 Å². The predicted octanol–water partition coefficient (Wildman–Crippen LogP) is 1.54. The van der Waals surface area contributed by atoms with Crippen LogP contribution in [0.2, 0.25) is 0 Å². The summed E-state index contributed by atoms with van der Waals surface area (Å²) >= 11 is 0. The zero-order chi connectivity index (χ0) is 13.1. The molecule has 2 unspecified atom stereocenters. The molecule has 102 valence electrons. The second-order valence-electron chi connectivity index (χ2n) is 5.34. The van der Waals surface area contributed by atoms with Crippen molar-refractivity contribution < 1.29 is 4.74 Å². The maximum absolute atomic E-state index is 6.30. The van der Waals surface area contributed by atoms with E-state index in [1.54, 1.807) is 6.33 Å². The Bertz CT molecular complexity index is 373. The summed E-state index contributed by atoms with van der Waals surface area (Å²) in [6.07, 6.45) is 5.01. The normalized spacial score (nSPS) is 19.2. The lowest BCUT2D eigenvalue weighted by Crippen LogP contribution is -2.41. The molecule has 0 saturated heterocycles. The van der Waals surface area contributed by atoms with E-state index in [4.69, 9.17) is 10.5 Å². The summed E-state index contributed by atoms with van der Waals surface area (Å²) in [6, 6.07) is 0.334. The van der Waals surface area contributed by atoms with Crippen LogP contribution in [0.4, 0.5) is 0 Å². The zero-order valence-corrected chi connectivity index (χ0v) is 11.5. The van der Waals surface area contributed by atoms with Crippen molar-refractivity contribution in [2.75, 3.05) is 6.61 Å². The molecule has 0 bridgehead atoms. The van der Waals surface area contributed by atoms with Crippen molar-refractivity contribution in [2.24, 2.45) is 11.7 Å². The lowest BCUT2D eigenvalue weighted by atomic mass is 10.0. The molecule has 0 aromatic carbocycles. The van der Waals surface area contributed by atoms with E-state index >= 15 is 0 Å². The van der Waals surface area contributed by atoms with Crippen LogP contribution in [0.1, 0.15) is 45.5 Å². The van der Waals surface area contributed by atoms with Crippen LogP contribution in [-0.2, 0) is 11.2 Å². The summed E-state index contributed by atoms with van der Waals surface area (Å²) in [5.74, 6) is 1.61. The van der Waals surface area contributed by atoms with Gasteiger partial charge in [-0.2, -0.15) is 5.10 Å². The van der Waals surface area contributed by atoms with E-state index < -0.39 is 0 Å². The molecule has 2 atom stereocenters. The number of hydrogen-bond acceptors (Lipinski definition) is 4. The van der Waals surface area contributed by atoms with Gasteiger partial charge in [-0.25, -0.2) is 9.67 Å². The monoisotopic (exact) mass is 252 g/mol. The molecule has 2 N–H and O–H groups in total. The second kappa shape index (κ2) is 5.80. The number of rotatable bonds is 7. The molecule has 1 aliphatic rings. The fourth-order valence-electron chi connectivity index (χ4n) is 2.40. The molecule has 1 aliphatic carbocycles. The molecular weight excluding hydrogens is 228 g/mol. The molecule has 1 aromatic rings. The van der Waals surface area contributed by atoms with Gasteiger partial charge < -0.3 is 10.5 Å². The van der Waals surface area contributed by atoms with Gasteiger partial charge >= 0.3 is 0 Å². The van der Waals surface area contributed by atoms with Crippen molar-refractivity contribution in [3.8, 4) is 0 Å². The average Bonchev–Trinajstić information content (AvgIpc) is 3.05. The highest BCUT2D eigenvalue weighted by molar-refractivity contribution is 4.97. The minimum Gasteiger partial charge on any atom is -0.377 e. The zero-order valence-electron chi connectivity index (χ0n) is 11.5. The van der Waals surface area contributed by atoms with Crippen LogP contribution in [0.15, 0.2) is 6.33 Å². The fraction of sp³-hybridized carbons (Fsp3) is 0.846. The molecule has 0 spiro atoms. The van der Waals surface area contributed by atoms with Gasteiger partial charge in [-0.1, -0.05) is 0 Å². The standard InChI is InChI=1S/C13H24N4O/c1-4-18-13(10-5-6-10)11(14)7-12-15-8-16-17(12)9(2)3/h8-11,13H,4-7,14H2,1-3H3. The summed E-state index contributed by atoms with van der Waals surface area (Å²) in [5, 5.41) is 4.24. The van der Waals surface area contributed by atoms with E-state index in [0.717, 1.165) is 18.9 Å². The Morgan fingerprint density at radius 3 is 2.78 bits per heavy atom. The molecule has 0 aliphatic heterocycles. The van der Waals surface area contributed by atoms with E-state index in [0.29, 0.717) is 12.0 Å². The first-order chi connectivity index (χ1) is 8.63. The molecule has 5 nitrogen and oxygen atoms in total. The van der Waals surface area contributed by atoms with Gasteiger partial charge in [0.25, 0.3) is 0 Å². The minimum atomic E-state index is 0.0131. The van der Waals surface area contributed by atoms with Gasteiger partial charge in [-0.05, 0) is 39.5 Å². The van der Waals surface area contributed by atoms with Crippen LogP contribution in [0.3, 0.4) is 0 Å². The molecule has 0 radical (unpaired) electrons. The highest BCUT2D eigenvalue weighted by Gasteiger charge is 2.36. The van der Waals surface area contributed by atoms with E-state index in [1.807, 2.05) is 11.6 Å². The van der Waals surface area contributed by atoms with E-state index in [2.05, 4.69) is 23.9 Å². The van der Waals surface area contributed by atoms with Crippen LogP contribution < -0.4 is 5.73 Å². The van der Waals surface area contributed by atoms with Crippen molar-refractivity contribution >= 4 is 0 Å². The number of ether oxygens (including phenoxy) is 1. The summed E-state index contributed by atoms with van der Waals surface area (Å²) in [6.45, 7) is 6.96. The van der Waals surface area contributed by atoms with Crippen molar-refractivity contribution in [3.63, 3.8) is 0 Å². The van der Waals surface area contributed by atoms with Crippen LogP contribution in [-0.4, -0.2) is 33.5 Å². The Kier molecular flexibility index (Phi) is 4.35. The quantitative estimate of drug-likeness (QED) is 0.799. The molecule has 5 heteroatoms. The van der Waals surface area contributed by atoms with Crippen LogP contribution in [0, 0.1) is 5.92 Å². The summed E-state index contributed by atoms with van der Waals surface area (Å²) in [5.41, 5.74) is 6.30. The van der Waals surface area contributed by atoms with Crippen molar-refractivity contribution in [1.82, 2.24) is 14.8 Å². The van der Waals surface area contributed by atoms with Crippen LogP contribution >= 0.6 is 0 Å². The maximum Gasteiger partial charge on any atom is 0.138 e. The van der Waals surface area contributed by atoms with Crippen molar-refractivity contribution in [2.45, 2.75) is 58.2 Å². The first-order valence-corrected chi connectivity index (χ1v) is 6.89. The number of hydrogen-bond donors (Lipinski definition) is 1. The Hall–Kier alpha value is -0.940. The molecule has 0 amide bonds. The Morgan fingerprint density at radius 1 is 1.50 bits per heavy atom. The van der Waals surface area contributed by atoms with Gasteiger partial charge in [-0.15, -0.1) is 0 Å². The highest BCUT2D eigenvalue weighted by Crippen LogP contribution is 2.36. The Morgan fingerprint density at radius 2 is 2.22 bits per heavy atom. The molecular formula is C13H24N4O. The van der Waals surface area contributed by atoms with Gasteiger partial charge in [0.2, 0.25) is 0 Å². The van der Waals surface area contributed by atoms with Crippen LogP contribution in [0.5, 0.6) is 0 Å². The molecule has 2 rings (SSSR count). The molecule has 1 saturated carbocycles. The largest absolute Gasteiger partial charge is 0.377 e. The third kappa shape index (κ3) is 3.09. The lowest BCUT2D eigenvalue weighted by molar-refractivity contribution is 0.0281. The van der Waals surface area contributed by atoms with Gasteiger partial charge in [-0.3, -0.25) is 0 Å². The van der Waals surface area contributed by atoms with Gasteiger partial charge in [0.1, 0.15) is 12.2 Å². The first kappa shape index (κ1) is 13.5. The van der Waals surface area contributed by atoms with E-state index in [-0.39, 0.29) is 12.1 Å². The van der Waals surface area contributed by atoms with Gasteiger partial charge in [0.15, 0.2) is 0 Å². The third-order valence-corrected chi connectivity index (χ3v) is 3.42. The van der Waals surface area contributed by atoms with E-state index in [1.165, 1.54) is 12.8 Å². The second-order valence-corrected chi connectivity index (χ2v) is 5.34. The predicted molar refractivity (Wildman–Crippen MR) is 70.2 cm³/mol. The fourth-order valence-corrected chi connectivity index (χ4v) is 2.40. The Balaban J connectivity index is 2.00. The SMILES string of the molecule is CCOC(C(N)Cc1ncnn1C(C)C)C1CC1. The summed E-state index contributed by atoms with van der Waals surface area (Å²) in [4.78, 5) is 4.32. The van der Waals surface area contributed by atoms with Gasteiger partial charge in [0.05, 0.1) is 6.10 Å². The van der Waals surface area contributed by atoms with Crippen LogP contribution in [0.25, 0.3) is 0 Å². The number of nitrogens with zero attached hydrogens (tertiary/aromatic N) is 3. The molecule has 1 aromatic heterocycles. The third-order valence-electron chi connectivity index (χ3n) is 3.42. The minimum absolute atomic E-state index is 0.0131. The van der Waals surface area contributed by atoms with Crippen molar-refractivity contribution in [1.29, 1.82) is 0 Å². The first-order valence-electron chi connectivity index (χ1n) is 6.89. The topological polar surface area (TPSA) is 66.0 Å². The lowest BCUT2D eigenvalue weighted by Gasteiger charge is -2.23. The van der Waals surface area contributed by atoms with Crippen molar-refractivity contribution in [3.05, 3.63) is 12.2 Å². The summed E-state index contributed by atoms with van der Waals surface area (Å²) < 4.78 is 7.73. The number of aromatic nitrogens is 3. The smallest absolute Gasteiger partial charge is 0.138 e. The maximum atomic E-state index is 6.30. The summed E-state index contributed by atoms with van der Waals surface area (Å²) in [7, 11) is 0. The number of nitrogens with two attached hydrogens (primary N) is 1.